The SMILES string of the molecule is CC(CN)C(C)COS(C)(=O)=O. The number of nitrogens with two attached hydrogens (primary N) is 1. The Morgan fingerprint density at radius 2 is 1.83 bits per heavy atom. The second-order valence-corrected chi connectivity index (χ2v) is 4.82. The number of hydrogen-bond acceptors (Lipinski definition) is 4. The summed E-state index contributed by atoms with van der Waals surface area (Å²) < 4.78 is 25.8. The van der Waals surface area contributed by atoms with E-state index in [2.05, 4.69) is 4.18 Å². The van der Waals surface area contributed by atoms with Crippen LogP contribution in [-0.4, -0.2) is 27.8 Å². The monoisotopic (exact) mass is 195 g/mol. The van der Waals surface area contributed by atoms with Gasteiger partial charge < -0.3 is 5.73 Å². The van der Waals surface area contributed by atoms with E-state index in [0.29, 0.717) is 6.54 Å². The van der Waals surface area contributed by atoms with Gasteiger partial charge in [-0.1, -0.05) is 13.8 Å². The maximum atomic E-state index is 10.6. The lowest BCUT2D eigenvalue weighted by Crippen LogP contribution is -2.23. The van der Waals surface area contributed by atoms with Crippen LogP contribution in [0.4, 0.5) is 0 Å². The van der Waals surface area contributed by atoms with Crippen LogP contribution >= 0.6 is 0 Å². The van der Waals surface area contributed by atoms with Crippen LogP contribution in [0, 0.1) is 11.8 Å². The van der Waals surface area contributed by atoms with E-state index < -0.39 is 10.1 Å². The highest BCUT2D eigenvalue weighted by atomic mass is 32.2. The first-order valence-electron chi connectivity index (χ1n) is 3.91. The summed E-state index contributed by atoms with van der Waals surface area (Å²) in [6, 6.07) is 0. The van der Waals surface area contributed by atoms with Crippen LogP contribution in [0.5, 0.6) is 0 Å². The van der Waals surface area contributed by atoms with Crippen molar-refractivity contribution < 1.29 is 12.6 Å². The van der Waals surface area contributed by atoms with Crippen molar-refractivity contribution in [2.24, 2.45) is 17.6 Å². The molecule has 0 aliphatic heterocycles. The van der Waals surface area contributed by atoms with Gasteiger partial charge in [0.05, 0.1) is 12.9 Å². The molecule has 0 rings (SSSR count). The molecule has 0 aromatic heterocycles. The molecular weight excluding hydrogens is 178 g/mol. The molecule has 74 valence electrons. The Hall–Kier alpha value is -0.130. The van der Waals surface area contributed by atoms with Crippen molar-refractivity contribution in [3.8, 4) is 0 Å². The molecule has 0 bridgehead atoms. The van der Waals surface area contributed by atoms with Crippen LogP contribution in [0.3, 0.4) is 0 Å². The summed E-state index contributed by atoms with van der Waals surface area (Å²) in [5.74, 6) is 0.455. The summed E-state index contributed by atoms with van der Waals surface area (Å²) >= 11 is 0. The summed E-state index contributed by atoms with van der Waals surface area (Å²) in [5, 5.41) is 0. The van der Waals surface area contributed by atoms with Crippen LogP contribution in [-0.2, 0) is 14.3 Å². The zero-order valence-corrected chi connectivity index (χ0v) is 8.60. The fourth-order valence-electron chi connectivity index (χ4n) is 0.627. The second kappa shape index (κ2) is 4.79. The van der Waals surface area contributed by atoms with Crippen LogP contribution in [0.25, 0.3) is 0 Å². The molecule has 12 heavy (non-hydrogen) atoms. The molecule has 0 amide bonds. The van der Waals surface area contributed by atoms with Crippen LogP contribution < -0.4 is 5.73 Å². The lowest BCUT2D eigenvalue weighted by atomic mass is 9.97. The van der Waals surface area contributed by atoms with E-state index in [1.54, 1.807) is 0 Å². The van der Waals surface area contributed by atoms with Gasteiger partial charge in [-0.3, -0.25) is 4.18 Å². The van der Waals surface area contributed by atoms with Gasteiger partial charge in [0.1, 0.15) is 0 Å². The summed E-state index contributed by atoms with van der Waals surface area (Å²) in [5.41, 5.74) is 5.41. The molecule has 2 atom stereocenters. The van der Waals surface area contributed by atoms with E-state index in [9.17, 15) is 8.42 Å². The lowest BCUT2D eigenvalue weighted by Gasteiger charge is -2.16. The largest absolute Gasteiger partial charge is 0.330 e. The second-order valence-electron chi connectivity index (χ2n) is 3.18. The minimum atomic E-state index is -3.30. The Bertz CT molecular complexity index is 213. The van der Waals surface area contributed by atoms with Crippen LogP contribution in [0.2, 0.25) is 0 Å². The highest BCUT2D eigenvalue weighted by molar-refractivity contribution is 7.85. The molecule has 0 aromatic rings. The van der Waals surface area contributed by atoms with Crippen molar-refractivity contribution in [3.05, 3.63) is 0 Å². The first kappa shape index (κ1) is 11.9. The summed E-state index contributed by atoms with van der Waals surface area (Å²) in [4.78, 5) is 0. The molecule has 0 aliphatic carbocycles. The fraction of sp³-hybridized carbons (Fsp3) is 1.00. The van der Waals surface area contributed by atoms with E-state index in [4.69, 9.17) is 5.73 Å². The summed E-state index contributed by atoms with van der Waals surface area (Å²) in [6.07, 6.45) is 1.05. The topological polar surface area (TPSA) is 69.4 Å². The quantitative estimate of drug-likeness (QED) is 0.636. The van der Waals surface area contributed by atoms with Crippen molar-refractivity contribution in [2.75, 3.05) is 19.4 Å². The minimum absolute atomic E-state index is 0.171. The normalized spacial score (nSPS) is 17.3. The van der Waals surface area contributed by atoms with Crippen LogP contribution in [0.1, 0.15) is 13.8 Å². The third-order valence-corrected chi connectivity index (χ3v) is 2.45. The van der Waals surface area contributed by atoms with E-state index in [1.807, 2.05) is 13.8 Å². The predicted molar refractivity (Wildman–Crippen MR) is 48.2 cm³/mol. The fourth-order valence-corrected chi connectivity index (χ4v) is 1.09. The van der Waals surface area contributed by atoms with Gasteiger partial charge in [-0.2, -0.15) is 8.42 Å². The van der Waals surface area contributed by atoms with Gasteiger partial charge in [0.25, 0.3) is 10.1 Å². The highest BCUT2D eigenvalue weighted by Gasteiger charge is 2.13. The smallest absolute Gasteiger partial charge is 0.264 e. The molecular formula is C7H17NO3S. The molecule has 0 radical (unpaired) electrons. The summed E-state index contributed by atoms with van der Waals surface area (Å²) in [6.45, 7) is 4.66. The van der Waals surface area contributed by atoms with Crippen LogP contribution in [0.15, 0.2) is 0 Å². The maximum Gasteiger partial charge on any atom is 0.264 e. The Morgan fingerprint density at radius 1 is 1.33 bits per heavy atom. The molecule has 0 aromatic carbocycles. The molecule has 4 nitrogen and oxygen atoms in total. The Morgan fingerprint density at radius 3 is 2.17 bits per heavy atom. The zero-order chi connectivity index (χ0) is 9.78. The van der Waals surface area contributed by atoms with Crippen molar-refractivity contribution in [1.82, 2.24) is 0 Å². The molecule has 0 aliphatic rings. The van der Waals surface area contributed by atoms with Crippen molar-refractivity contribution in [3.63, 3.8) is 0 Å². The van der Waals surface area contributed by atoms with E-state index in [-0.39, 0.29) is 18.4 Å². The minimum Gasteiger partial charge on any atom is -0.330 e. The molecule has 0 fully saturated rings. The van der Waals surface area contributed by atoms with Crippen molar-refractivity contribution >= 4 is 10.1 Å². The van der Waals surface area contributed by atoms with Gasteiger partial charge in [-0.05, 0) is 18.4 Å². The Balaban J connectivity index is 3.79. The number of rotatable bonds is 5. The molecule has 5 heteroatoms. The molecule has 2 unspecified atom stereocenters. The standard InChI is InChI=1S/C7H17NO3S/c1-6(4-8)7(2)5-11-12(3,9)10/h6-7H,4-5,8H2,1-3H3. The highest BCUT2D eigenvalue weighted by Crippen LogP contribution is 2.10. The molecule has 0 spiro atoms. The van der Waals surface area contributed by atoms with Gasteiger partial charge in [-0.25, -0.2) is 0 Å². The van der Waals surface area contributed by atoms with E-state index in [1.165, 1.54) is 0 Å². The van der Waals surface area contributed by atoms with Crippen molar-refractivity contribution in [2.45, 2.75) is 13.8 Å². The van der Waals surface area contributed by atoms with Crippen molar-refractivity contribution in [1.29, 1.82) is 0 Å². The molecule has 0 saturated carbocycles. The summed E-state index contributed by atoms with van der Waals surface area (Å²) in [7, 11) is -3.30. The lowest BCUT2D eigenvalue weighted by molar-refractivity contribution is 0.225. The molecule has 0 saturated heterocycles. The van der Waals surface area contributed by atoms with Gasteiger partial charge in [0, 0.05) is 0 Å². The van der Waals surface area contributed by atoms with Gasteiger partial charge >= 0.3 is 0 Å². The molecule has 2 N–H and O–H groups in total. The third-order valence-electron chi connectivity index (χ3n) is 1.89. The van der Waals surface area contributed by atoms with Gasteiger partial charge in [-0.15, -0.1) is 0 Å². The third kappa shape index (κ3) is 5.51. The Labute approximate surface area is 74.2 Å². The maximum absolute atomic E-state index is 10.6. The van der Waals surface area contributed by atoms with E-state index >= 15 is 0 Å². The average molecular weight is 195 g/mol. The zero-order valence-electron chi connectivity index (χ0n) is 7.78. The average Bonchev–Trinajstić information content (AvgIpc) is 1.97. The predicted octanol–water partition coefficient (Wildman–Crippen LogP) is 0.194. The first-order valence-corrected chi connectivity index (χ1v) is 5.73. The number of hydrogen-bond donors (Lipinski definition) is 1. The Kier molecular flexibility index (Phi) is 4.74. The van der Waals surface area contributed by atoms with E-state index in [0.717, 1.165) is 6.26 Å². The van der Waals surface area contributed by atoms with Gasteiger partial charge in [0.15, 0.2) is 0 Å². The van der Waals surface area contributed by atoms with Gasteiger partial charge in [0.2, 0.25) is 0 Å². The molecule has 0 heterocycles. The first-order chi connectivity index (χ1) is 5.37.